The van der Waals surface area contributed by atoms with Gasteiger partial charge in [-0.15, -0.1) is 0 Å². The standard InChI is InChI=1S/C13H23ClN4O/c1-8(2)18(9(3)4)6-7-19-12-11(15)10(5)16-13(14)17-12/h8-9H,6-7,15H2,1-5H3. The smallest absolute Gasteiger partial charge is 0.241 e. The van der Waals surface area contributed by atoms with E-state index in [-0.39, 0.29) is 5.28 Å². The van der Waals surface area contributed by atoms with E-state index in [1.165, 1.54) is 0 Å². The van der Waals surface area contributed by atoms with Crippen LogP contribution in [0, 0.1) is 6.92 Å². The predicted molar refractivity (Wildman–Crippen MR) is 78.7 cm³/mol. The molecule has 0 aliphatic rings. The van der Waals surface area contributed by atoms with Crippen molar-refractivity contribution in [2.75, 3.05) is 18.9 Å². The minimum absolute atomic E-state index is 0.159. The quantitative estimate of drug-likeness (QED) is 0.814. The van der Waals surface area contributed by atoms with Gasteiger partial charge in [0.25, 0.3) is 0 Å². The minimum Gasteiger partial charge on any atom is -0.475 e. The number of aryl methyl sites for hydroxylation is 1. The van der Waals surface area contributed by atoms with Crippen LogP contribution in [0.5, 0.6) is 5.88 Å². The van der Waals surface area contributed by atoms with Gasteiger partial charge in [0.1, 0.15) is 12.3 Å². The zero-order valence-corrected chi connectivity index (χ0v) is 13.0. The second-order valence-electron chi connectivity index (χ2n) is 5.07. The molecule has 5 nitrogen and oxygen atoms in total. The van der Waals surface area contributed by atoms with Crippen LogP contribution in [0.2, 0.25) is 5.28 Å². The Morgan fingerprint density at radius 1 is 1.21 bits per heavy atom. The summed E-state index contributed by atoms with van der Waals surface area (Å²) in [6.45, 7) is 11.8. The Morgan fingerprint density at radius 3 is 2.32 bits per heavy atom. The number of anilines is 1. The lowest BCUT2D eigenvalue weighted by atomic mass is 10.2. The molecule has 19 heavy (non-hydrogen) atoms. The fraction of sp³-hybridized carbons (Fsp3) is 0.692. The lowest BCUT2D eigenvalue weighted by Gasteiger charge is -2.30. The summed E-state index contributed by atoms with van der Waals surface area (Å²) in [5.74, 6) is 0.366. The number of nitrogens with zero attached hydrogens (tertiary/aromatic N) is 3. The average molecular weight is 287 g/mol. The number of hydrogen-bond acceptors (Lipinski definition) is 5. The number of aromatic nitrogens is 2. The van der Waals surface area contributed by atoms with E-state index in [4.69, 9.17) is 22.1 Å². The lowest BCUT2D eigenvalue weighted by Crippen LogP contribution is -2.39. The first kappa shape index (κ1) is 16.0. The summed E-state index contributed by atoms with van der Waals surface area (Å²) >= 11 is 5.80. The van der Waals surface area contributed by atoms with Crippen molar-refractivity contribution in [2.24, 2.45) is 0 Å². The molecule has 0 aliphatic heterocycles. The Labute approximate surface area is 120 Å². The predicted octanol–water partition coefficient (Wildman–Crippen LogP) is 2.52. The molecule has 1 aromatic heterocycles. The molecule has 0 bridgehead atoms. The van der Waals surface area contributed by atoms with Crippen molar-refractivity contribution >= 4 is 17.3 Å². The van der Waals surface area contributed by atoms with Crippen molar-refractivity contribution in [3.05, 3.63) is 11.0 Å². The first-order valence-corrected chi connectivity index (χ1v) is 6.88. The van der Waals surface area contributed by atoms with Gasteiger partial charge in [0.15, 0.2) is 0 Å². The fourth-order valence-electron chi connectivity index (χ4n) is 1.99. The van der Waals surface area contributed by atoms with E-state index in [9.17, 15) is 0 Å². The van der Waals surface area contributed by atoms with Crippen molar-refractivity contribution in [1.82, 2.24) is 14.9 Å². The third kappa shape index (κ3) is 4.51. The maximum atomic E-state index is 5.87. The van der Waals surface area contributed by atoms with Gasteiger partial charge in [-0.2, -0.15) is 4.98 Å². The SMILES string of the molecule is Cc1nc(Cl)nc(OCCN(C(C)C)C(C)C)c1N. The van der Waals surface area contributed by atoms with Gasteiger partial charge in [-0.3, -0.25) is 4.90 Å². The third-order valence-electron chi connectivity index (χ3n) is 2.99. The van der Waals surface area contributed by atoms with Gasteiger partial charge in [-0.1, -0.05) is 0 Å². The Kier molecular flexibility index (Phi) is 5.82. The molecule has 0 atom stereocenters. The van der Waals surface area contributed by atoms with E-state index < -0.39 is 0 Å². The molecule has 2 N–H and O–H groups in total. The van der Waals surface area contributed by atoms with Gasteiger partial charge in [0.05, 0.1) is 5.69 Å². The van der Waals surface area contributed by atoms with Crippen LogP contribution >= 0.6 is 11.6 Å². The van der Waals surface area contributed by atoms with Gasteiger partial charge in [0, 0.05) is 18.6 Å². The van der Waals surface area contributed by atoms with E-state index >= 15 is 0 Å². The Balaban J connectivity index is 2.62. The molecular formula is C13H23ClN4O. The van der Waals surface area contributed by atoms with Crippen molar-refractivity contribution < 1.29 is 4.74 Å². The van der Waals surface area contributed by atoms with Crippen molar-refractivity contribution in [1.29, 1.82) is 0 Å². The minimum atomic E-state index is 0.159. The van der Waals surface area contributed by atoms with Crippen LogP contribution in [0.25, 0.3) is 0 Å². The third-order valence-corrected chi connectivity index (χ3v) is 3.16. The molecule has 0 saturated heterocycles. The van der Waals surface area contributed by atoms with Crippen LogP contribution in [0.15, 0.2) is 0 Å². The molecule has 108 valence electrons. The molecule has 0 aromatic carbocycles. The number of halogens is 1. The molecule has 1 heterocycles. The molecule has 1 aromatic rings. The Morgan fingerprint density at radius 2 is 1.79 bits per heavy atom. The van der Waals surface area contributed by atoms with Crippen molar-refractivity contribution in [2.45, 2.75) is 46.7 Å². The number of hydrogen-bond donors (Lipinski definition) is 1. The molecule has 0 saturated carbocycles. The summed E-state index contributed by atoms with van der Waals surface area (Å²) in [4.78, 5) is 10.3. The van der Waals surface area contributed by atoms with E-state index in [2.05, 4.69) is 42.6 Å². The average Bonchev–Trinajstić information content (AvgIpc) is 2.29. The van der Waals surface area contributed by atoms with Crippen LogP contribution in [0.3, 0.4) is 0 Å². The lowest BCUT2D eigenvalue weighted by molar-refractivity contribution is 0.140. The summed E-state index contributed by atoms with van der Waals surface area (Å²) in [5.41, 5.74) is 6.95. The number of rotatable bonds is 6. The second-order valence-corrected chi connectivity index (χ2v) is 5.41. The normalized spacial score (nSPS) is 11.6. The summed E-state index contributed by atoms with van der Waals surface area (Å²) in [5, 5.41) is 0.159. The molecular weight excluding hydrogens is 264 g/mol. The molecule has 1 rings (SSSR count). The van der Waals surface area contributed by atoms with Crippen molar-refractivity contribution in [3.63, 3.8) is 0 Å². The highest BCUT2D eigenvalue weighted by Gasteiger charge is 2.14. The second kappa shape index (κ2) is 6.91. The summed E-state index contributed by atoms with van der Waals surface area (Å²) < 4.78 is 5.63. The van der Waals surface area contributed by atoms with E-state index in [0.717, 1.165) is 6.54 Å². The van der Waals surface area contributed by atoms with Gasteiger partial charge in [-0.25, -0.2) is 4.98 Å². The zero-order chi connectivity index (χ0) is 14.6. The van der Waals surface area contributed by atoms with E-state index in [1.807, 2.05) is 0 Å². The van der Waals surface area contributed by atoms with Crippen LogP contribution < -0.4 is 10.5 Å². The molecule has 0 fully saturated rings. The number of ether oxygens (including phenoxy) is 1. The summed E-state index contributed by atoms with van der Waals surface area (Å²) in [6.07, 6.45) is 0. The van der Waals surface area contributed by atoms with Gasteiger partial charge >= 0.3 is 0 Å². The first-order chi connectivity index (χ1) is 8.82. The fourth-order valence-corrected chi connectivity index (χ4v) is 2.20. The van der Waals surface area contributed by atoms with E-state index in [0.29, 0.717) is 36.0 Å². The largest absolute Gasteiger partial charge is 0.475 e. The molecule has 0 spiro atoms. The number of nitrogens with two attached hydrogens (primary N) is 1. The maximum absolute atomic E-state index is 5.87. The Hall–Kier alpha value is -1.07. The molecule has 0 amide bonds. The molecule has 6 heteroatoms. The van der Waals surface area contributed by atoms with Crippen LogP contribution in [0.1, 0.15) is 33.4 Å². The summed E-state index contributed by atoms with van der Waals surface area (Å²) in [6, 6.07) is 0.938. The van der Waals surface area contributed by atoms with Crippen LogP contribution in [0.4, 0.5) is 5.69 Å². The Bertz CT molecular complexity index is 415. The first-order valence-electron chi connectivity index (χ1n) is 6.51. The van der Waals surface area contributed by atoms with Gasteiger partial charge in [-0.05, 0) is 46.2 Å². The number of nitrogen functional groups attached to an aromatic ring is 1. The monoisotopic (exact) mass is 286 g/mol. The highest BCUT2D eigenvalue weighted by molar-refractivity contribution is 6.28. The van der Waals surface area contributed by atoms with Crippen LogP contribution in [-0.4, -0.2) is 40.1 Å². The van der Waals surface area contributed by atoms with Gasteiger partial charge in [0.2, 0.25) is 11.2 Å². The summed E-state index contributed by atoms with van der Waals surface area (Å²) in [7, 11) is 0. The highest BCUT2D eigenvalue weighted by atomic mass is 35.5. The molecule has 0 aliphatic carbocycles. The van der Waals surface area contributed by atoms with E-state index in [1.54, 1.807) is 6.92 Å². The maximum Gasteiger partial charge on any atom is 0.241 e. The molecule has 0 unspecified atom stereocenters. The molecule has 0 radical (unpaired) electrons. The van der Waals surface area contributed by atoms with Gasteiger partial charge < -0.3 is 10.5 Å². The topological polar surface area (TPSA) is 64.3 Å². The van der Waals surface area contributed by atoms with Crippen molar-refractivity contribution in [3.8, 4) is 5.88 Å². The van der Waals surface area contributed by atoms with Crippen LogP contribution in [-0.2, 0) is 0 Å². The highest BCUT2D eigenvalue weighted by Crippen LogP contribution is 2.22. The zero-order valence-electron chi connectivity index (χ0n) is 12.3.